The van der Waals surface area contributed by atoms with Crippen LogP contribution in [0.4, 0.5) is 5.82 Å². The van der Waals surface area contributed by atoms with Gasteiger partial charge in [-0.3, -0.25) is 18.6 Å². The zero-order valence-corrected chi connectivity index (χ0v) is 30.7. The van der Waals surface area contributed by atoms with Gasteiger partial charge in [0.15, 0.2) is 12.5 Å². The summed E-state index contributed by atoms with van der Waals surface area (Å²) in [6.45, 7) is 3.71. The van der Waals surface area contributed by atoms with Gasteiger partial charge in [0.2, 0.25) is 0 Å². The zero-order chi connectivity index (χ0) is 36.4. The Morgan fingerprint density at radius 2 is 1.44 bits per heavy atom. The third-order valence-electron chi connectivity index (χ3n) is 9.34. The van der Waals surface area contributed by atoms with Gasteiger partial charge in [-0.25, -0.2) is 4.79 Å². The molecule has 3 rings (SSSR count). The van der Waals surface area contributed by atoms with E-state index in [1.807, 2.05) is 0 Å². The quantitative estimate of drug-likeness (QED) is 0.0435. The molecule has 1 aromatic rings. The summed E-state index contributed by atoms with van der Waals surface area (Å²) in [6.07, 6.45) is 9.21. The predicted molar refractivity (Wildman–Crippen MR) is 189 cm³/mol. The molecule has 1 aromatic heterocycles. The van der Waals surface area contributed by atoms with Crippen LogP contribution >= 0.6 is 7.60 Å². The summed E-state index contributed by atoms with van der Waals surface area (Å²) in [5, 5.41) is 51.8. The monoisotopic (exact) mass is 734 g/mol. The van der Waals surface area contributed by atoms with Gasteiger partial charge in [-0.1, -0.05) is 90.4 Å². The van der Waals surface area contributed by atoms with Crippen LogP contribution in [0.2, 0.25) is 0 Å². The number of anilines is 1. The largest absolute Gasteiger partial charge is 0.389 e. The second-order valence-corrected chi connectivity index (χ2v) is 15.8. The maximum Gasteiger partial charge on any atom is 0.351 e. The Balaban J connectivity index is 1.36. The van der Waals surface area contributed by atoms with E-state index in [2.05, 4.69) is 11.9 Å². The van der Waals surface area contributed by atoms with Crippen LogP contribution in [0.1, 0.15) is 109 Å². The lowest BCUT2D eigenvalue weighted by Crippen LogP contribution is -2.40. The van der Waals surface area contributed by atoms with Gasteiger partial charge in [0.05, 0.1) is 25.0 Å². The summed E-state index contributed by atoms with van der Waals surface area (Å²) >= 11 is 0. The highest BCUT2D eigenvalue weighted by Crippen LogP contribution is 2.50. The third kappa shape index (κ3) is 14.9. The highest BCUT2D eigenvalue weighted by Gasteiger charge is 2.49. The summed E-state index contributed by atoms with van der Waals surface area (Å²) in [7, 11) is -4.05. The van der Waals surface area contributed by atoms with E-state index >= 15 is 0 Å². The van der Waals surface area contributed by atoms with Crippen LogP contribution in [0.5, 0.6) is 0 Å². The molecule has 0 aliphatic carbocycles. The van der Waals surface area contributed by atoms with Crippen molar-refractivity contribution in [2.75, 3.05) is 51.4 Å². The van der Waals surface area contributed by atoms with Crippen molar-refractivity contribution in [1.82, 2.24) is 14.5 Å². The molecule has 3 heterocycles. The average Bonchev–Trinajstić information content (AvgIpc) is 3.57. The minimum atomic E-state index is -4.05. The molecule has 16 heteroatoms. The fraction of sp³-hybridized carbons (Fsp3) is 0.882. The highest BCUT2D eigenvalue weighted by atomic mass is 31.2. The fourth-order valence-electron chi connectivity index (χ4n) is 6.30. The van der Waals surface area contributed by atoms with E-state index in [1.54, 1.807) is 4.90 Å². The number of nitrogens with zero attached hydrogens (tertiary/aromatic N) is 3. The lowest BCUT2D eigenvalue weighted by atomic mass is 10.0. The average molecular weight is 735 g/mol. The van der Waals surface area contributed by atoms with Crippen LogP contribution in [0, 0.1) is 0 Å². The predicted octanol–water partition coefficient (Wildman–Crippen LogP) is 2.91. The normalized spacial score (nSPS) is 26.0. The number of aliphatic hydroxyl groups is 5. The molecule has 0 radical (unpaired) electrons. The maximum atomic E-state index is 13.8. The topological polar surface area (TPSA) is 219 Å². The smallest absolute Gasteiger partial charge is 0.351 e. The minimum Gasteiger partial charge on any atom is -0.389 e. The third-order valence-corrected chi connectivity index (χ3v) is 11.2. The van der Waals surface area contributed by atoms with Gasteiger partial charge in [-0.05, 0) is 18.9 Å². The summed E-state index contributed by atoms with van der Waals surface area (Å²) in [5.41, 5.74) is 4.69. The molecule has 0 spiro atoms. The van der Waals surface area contributed by atoms with E-state index in [0.29, 0.717) is 19.6 Å². The number of likely N-dealkylation sites (tertiary alicyclic amines) is 1. The van der Waals surface area contributed by atoms with Crippen molar-refractivity contribution in [2.24, 2.45) is 0 Å². The minimum absolute atomic E-state index is 0.000183. The van der Waals surface area contributed by atoms with E-state index in [-0.39, 0.29) is 38.2 Å². The second-order valence-electron chi connectivity index (χ2n) is 13.6. The number of aliphatic hydroxyl groups excluding tert-OH is 5. The summed E-state index contributed by atoms with van der Waals surface area (Å²) in [4.78, 5) is 17.6. The molecule has 2 unspecified atom stereocenters. The van der Waals surface area contributed by atoms with Crippen molar-refractivity contribution in [3.05, 3.63) is 22.7 Å². The molecule has 2 aliphatic rings. The Morgan fingerprint density at radius 1 is 0.880 bits per heavy atom. The van der Waals surface area contributed by atoms with E-state index in [1.165, 1.54) is 89.3 Å². The van der Waals surface area contributed by atoms with Crippen LogP contribution in [-0.2, 0) is 23.1 Å². The van der Waals surface area contributed by atoms with Gasteiger partial charge in [0, 0.05) is 39.0 Å². The van der Waals surface area contributed by atoms with Crippen molar-refractivity contribution in [2.45, 2.75) is 146 Å². The van der Waals surface area contributed by atoms with Gasteiger partial charge in [0.25, 0.3) is 0 Å². The molecule has 290 valence electrons. The zero-order valence-electron chi connectivity index (χ0n) is 29.8. The van der Waals surface area contributed by atoms with Crippen LogP contribution in [0.15, 0.2) is 17.1 Å². The van der Waals surface area contributed by atoms with Crippen LogP contribution in [-0.4, -0.2) is 122 Å². The van der Waals surface area contributed by atoms with E-state index < -0.39 is 56.3 Å². The molecule has 2 saturated heterocycles. The summed E-state index contributed by atoms with van der Waals surface area (Å²) in [5.74, 6) is -0.0458. The molecule has 50 heavy (non-hydrogen) atoms. The van der Waals surface area contributed by atoms with Crippen molar-refractivity contribution < 1.29 is 48.6 Å². The fourth-order valence-corrected chi connectivity index (χ4v) is 7.98. The molecule has 2 aliphatic heterocycles. The first-order chi connectivity index (χ1) is 24.0. The van der Waals surface area contributed by atoms with Crippen LogP contribution in [0.3, 0.4) is 0 Å². The van der Waals surface area contributed by atoms with E-state index in [9.17, 15) is 34.9 Å². The van der Waals surface area contributed by atoms with Crippen LogP contribution in [0.25, 0.3) is 0 Å². The molecular weight excluding hydrogens is 671 g/mol. The number of hydrogen-bond donors (Lipinski definition) is 6. The van der Waals surface area contributed by atoms with Crippen molar-refractivity contribution in [3.8, 4) is 0 Å². The lowest BCUT2D eigenvalue weighted by molar-refractivity contribution is -0.158. The van der Waals surface area contributed by atoms with Gasteiger partial charge >= 0.3 is 13.3 Å². The molecule has 7 N–H and O–H groups in total. The number of nitrogens with two attached hydrogens (primary N) is 1. The lowest BCUT2D eigenvalue weighted by Gasteiger charge is -2.27. The standard InChI is InChI=1S/C34H63N4O11P/c1-2-3-4-5-6-7-8-9-10-11-12-13-14-15-20-46-21-16-22-47-50(45,23-19-37-24-26(39)27(40)25-37)49-33(43)31-29(41)30(42)32(48-31)38-18-17-28(35)36-34(38)44/h17-18,26-27,29-33,39-43H,2-16,19-25H2,1H3,(H2,35,36,44)/t26-,27-,29+,30-,31+,32-,33?,50?/m1/s1. The Kier molecular flexibility index (Phi) is 19.9. The molecule has 8 atom stereocenters. The Labute approximate surface area is 296 Å². The van der Waals surface area contributed by atoms with Gasteiger partial charge < -0.3 is 45.3 Å². The number of hydrogen-bond acceptors (Lipinski definition) is 14. The molecule has 15 nitrogen and oxygen atoms in total. The van der Waals surface area contributed by atoms with E-state index in [4.69, 9.17) is 24.3 Å². The van der Waals surface area contributed by atoms with Crippen molar-refractivity contribution in [3.63, 3.8) is 0 Å². The molecular formula is C34H63N4O11P. The maximum absolute atomic E-state index is 13.8. The molecule has 0 amide bonds. The number of aromatic nitrogens is 2. The number of β-amino-alcohol motifs (C(OH)–C–C–N with tert-alkyl or cyclic N) is 2. The van der Waals surface area contributed by atoms with Gasteiger partial charge in [-0.15, -0.1) is 0 Å². The summed E-state index contributed by atoms with van der Waals surface area (Å²) < 4.78 is 37.2. The second kappa shape index (κ2) is 23.2. The Bertz CT molecular complexity index is 1170. The number of rotatable bonds is 27. The molecule has 0 aromatic carbocycles. The van der Waals surface area contributed by atoms with Gasteiger partial charge in [-0.2, -0.15) is 4.98 Å². The van der Waals surface area contributed by atoms with E-state index in [0.717, 1.165) is 17.4 Å². The van der Waals surface area contributed by atoms with Crippen molar-refractivity contribution in [1.29, 1.82) is 0 Å². The highest BCUT2D eigenvalue weighted by molar-refractivity contribution is 7.53. The molecule has 0 saturated carbocycles. The first-order valence-electron chi connectivity index (χ1n) is 18.7. The van der Waals surface area contributed by atoms with Crippen molar-refractivity contribution >= 4 is 13.4 Å². The summed E-state index contributed by atoms with van der Waals surface area (Å²) in [6, 6.07) is 1.31. The van der Waals surface area contributed by atoms with Crippen LogP contribution < -0.4 is 11.4 Å². The SMILES string of the molecule is CCCCCCCCCCCCCCCCOCCCOP(=O)(CCN1C[C@@H](O)[C@H](O)C1)OC(O)[C@H]1O[C@@H](n2ccc(N)nc2=O)[C@H](O)[C@@H]1O. The Hall–Kier alpha value is -1.49. The Morgan fingerprint density at radius 3 is 2.02 bits per heavy atom. The first-order valence-corrected chi connectivity index (χ1v) is 20.4. The molecule has 2 fully saturated rings. The van der Waals surface area contributed by atoms with Gasteiger partial charge in [0.1, 0.15) is 24.1 Å². The number of nitrogen functional groups attached to an aromatic ring is 1. The first kappa shape index (κ1) is 42.9. The molecule has 0 bridgehead atoms. The number of ether oxygens (including phenoxy) is 2. The number of unbranched alkanes of at least 4 members (excludes halogenated alkanes) is 13.